The molecule has 0 radical (unpaired) electrons. The van der Waals surface area contributed by atoms with Crippen LogP contribution in [0, 0.1) is 18.8 Å². The molecule has 1 aromatic carbocycles. The van der Waals surface area contributed by atoms with Gasteiger partial charge in [0.25, 0.3) is 0 Å². The molecule has 0 aliphatic carbocycles. The first-order chi connectivity index (χ1) is 13.4. The molecular formula is C21H17N5OS. The molecule has 0 fully saturated rings. The van der Waals surface area contributed by atoms with E-state index in [1.54, 1.807) is 25.5 Å². The van der Waals surface area contributed by atoms with Gasteiger partial charge < -0.3 is 10.8 Å². The number of hydrogen-bond donors (Lipinski definition) is 2. The van der Waals surface area contributed by atoms with Gasteiger partial charge in [-0.05, 0) is 31.5 Å². The number of thiazole rings is 1. The van der Waals surface area contributed by atoms with E-state index in [-0.39, 0.29) is 0 Å². The smallest absolute Gasteiger partial charge is 0.174 e. The topological polar surface area (TPSA) is 97.8 Å². The first-order valence-electron chi connectivity index (χ1n) is 8.58. The Hall–Kier alpha value is -3.34. The summed E-state index contributed by atoms with van der Waals surface area (Å²) in [6, 6.07) is 7.50. The van der Waals surface area contributed by atoms with E-state index < -0.39 is 5.60 Å². The van der Waals surface area contributed by atoms with Crippen molar-refractivity contribution in [2.75, 3.05) is 5.73 Å². The molecule has 0 amide bonds. The Morgan fingerprint density at radius 2 is 2.07 bits per heavy atom. The van der Waals surface area contributed by atoms with E-state index in [0.717, 1.165) is 22.1 Å². The van der Waals surface area contributed by atoms with Crippen molar-refractivity contribution in [3.05, 3.63) is 64.4 Å². The molecule has 4 rings (SSSR count). The summed E-state index contributed by atoms with van der Waals surface area (Å²) in [6.07, 6.45) is 5.07. The van der Waals surface area contributed by atoms with E-state index in [4.69, 9.17) is 5.73 Å². The third kappa shape index (κ3) is 3.43. The number of nitrogen functional groups attached to an aromatic ring is 1. The van der Waals surface area contributed by atoms with Gasteiger partial charge in [-0.3, -0.25) is 4.98 Å². The highest BCUT2D eigenvalue weighted by molar-refractivity contribution is 7.09. The number of benzene rings is 1. The molecule has 3 N–H and O–H groups in total. The van der Waals surface area contributed by atoms with E-state index in [2.05, 4.69) is 31.8 Å². The fourth-order valence-electron chi connectivity index (χ4n) is 2.85. The number of hydrogen-bond acceptors (Lipinski definition) is 7. The lowest BCUT2D eigenvalue weighted by Crippen LogP contribution is -2.17. The fourth-order valence-corrected chi connectivity index (χ4v) is 3.51. The van der Waals surface area contributed by atoms with Crippen molar-refractivity contribution < 1.29 is 5.11 Å². The normalized spacial score (nSPS) is 13.0. The first kappa shape index (κ1) is 18.0. The third-order valence-electron chi connectivity index (χ3n) is 4.24. The molecule has 0 saturated carbocycles. The molecule has 0 saturated heterocycles. The number of pyridine rings is 1. The van der Waals surface area contributed by atoms with Crippen molar-refractivity contribution in [3.63, 3.8) is 0 Å². The number of nitrogens with two attached hydrogens (primary N) is 1. The highest BCUT2D eigenvalue weighted by Gasteiger charge is 2.22. The van der Waals surface area contributed by atoms with E-state index in [1.165, 1.54) is 11.3 Å². The van der Waals surface area contributed by atoms with Crippen LogP contribution in [0.2, 0.25) is 0 Å². The van der Waals surface area contributed by atoms with E-state index in [9.17, 15) is 5.11 Å². The average Bonchev–Trinajstić information content (AvgIpc) is 3.22. The second kappa shape index (κ2) is 7.00. The fraction of sp³-hybridized carbons (Fsp3) is 0.143. The summed E-state index contributed by atoms with van der Waals surface area (Å²) in [6.45, 7) is 3.56. The van der Waals surface area contributed by atoms with Gasteiger partial charge in [0.2, 0.25) is 0 Å². The Bertz CT molecular complexity index is 1220. The van der Waals surface area contributed by atoms with Crippen molar-refractivity contribution >= 4 is 28.1 Å². The Kier molecular flexibility index (Phi) is 4.51. The molecule has 3 heterocycles. The van der Waals surface area contributed by atoms with Crippen molar-refractivity contribution in [1.29, 1.82) is 0 Å². The van der Waals surface area contributed by atoms with Gasteiger partial charge in [-0.15, -0.1) is 11.3 Å². The van der Waals surface area contributed by atoms with Crippen LogP contribution < -0.4 is 5.73 Å². The minimum absolute atomic E-state index is 0.420. The second-order valence-electron chi connectivity index (χ2n) is 6.52. The predicted molar refractivity (Wildman–Crippen MR) is 110 cm³/mol. The van der Waals surface area contributed by atoms with Crippen LogP contribution in [0.4, 0.5) is 5.82 Å². The van der Waals surface area contributed by atoms with Crippen molar-refractivity contribution in [3.8, 4) is 23.2 Å². The van der Waals surface area contributed by atoms with Gasteiger partial charge in [-0.25, -0.2) is 15.0 Å². The largest absolute Gasteiger partial charge is 0.383 e. The average molecular weight is 387 g/mol. The molecule has 28 heavy (non-hydrogen) atoms. The standard InChI is InChI=1S/C21H17N5OS/c1-13-11-23-12-16-17(13)18(22)26-19(25-16)15-5-3-4-14(10-15)6-7-21(2,27)20-24-8-9-28-20/h3-5,8-12,27H,1-2H3,(H2,22,25,26)/t21-/m1/s1. The van der Waals surface area contributed by atoms with Crippen LogP contribution in [0.1, 0.15) is 23.1 Å². The van der Waals surface area contributed by atoms with Crippen LogP contribution in [-0.4, -0.2) is 25.0 Å². The van der Waals surface area contributed by atoms with Crippen LogP contribution in [-0.2, 0) is 5.60 Å². The summed E-state index contributed by atoms with van der Waals surface area (Å²) in [5.41, 5.74) is 8.01. The summed E-state index contributed by atoms with van der Waals surface area (Å²) >= 11 is 1.37. The van der Waals surface area contributed by atoms with Gasteiger partial charge in [0.15, 0.2) is 11.4 Å². The summed E-state index contributed by atoms with van der Waals surface area (Å²) in [5.74, 6) is 6.82. The van der Waals surface area contributed by atoms with Crippen molar-refractivity contribution in [2.45, 2.75) is 19.4 Å². The highest BCUT2D eigenvalue weighted by Crippen LogP contribution is 2.26. The number of fused-ring (bicyclic) bond motifs is 1. The summed E-state index contributed by atoms with van der Waals surface area (Å²) in [5, 5.41) is 13.7. The number of aryl methyl sites for hydroxylation is 1. The molecule has 0 bridgehead atoms. The Morgan fingerprint density at radius 1 is 1.21 bits per heavy atom. The zero-order valence-corrected chi connectivity index (χ0v) is 16.2. The van der Waals surface area contributed by atoms with Gasteiger partial charge in [0, 0.05) is 34.3 Å². The predicted octanol–water partition coefficient (Wildman–Crippen LogP) is 3.30. The molecule has 0 unspecified atom stereocenters. The lowest BCUT2D eigenvalue weighted by atomic mass is 10.1. The quantitative estimate of drug-likeness (QED) is 0.512. The molecule has 7 heteroatoms. The molecule has 0 spiro atoms. The van der Waals surface area contributed by atoms with Crippen molar-refractivity contribution in [1.82, 2.24) is 19.9 Å². The third-order valence-corrected chi connectivity index (χ3v) is 5.23. The SMILES string of the molecule is Cc1cncc2nc(-c3cccc(C#C[C@@](C)(O)c4nccs4)c3)nc(N)c12. The monoisotopic (exact) mass is 387 g/mol. The number of aliphatic hydroxyl groups is 1. The van der Waals surface area contributed by atoms with Crippen LogP contribution in [0.15, 0.2) is 48.2 Å². The van der Waals surface area contributed by atoms with Crippen LogP contribution >= 0.6 is 11.3 Å². The van der Waals surface area contributed by atoms with Gasteiger partial charge in [-0.2, -0.15) is 0 Å². The maximum absolute atomic E-state index is 10.5. The van der Waals surface area contributed by atoms with Crippen molar-refractivity contribution in [2.24, 2.45) is 0 Å². The number of anilines is 1. The molecule has 0 aliphatic heterocycles. The molecule has 138 valence electrons. The molecule has 6 nitrogen and oxygen atoms in total. The zero-order valence-electron chi connectivity index (χ0n) is 15.3. The summed E-state index contributed by atoms with van der Waals surface area (Å²) < 4.78 is 0. The summed E-state index contributed by atoms with van der Waals surface area (Å²) in [4.78, 5) is 17.4. The maximum Gasteiger partial charge on any atom is 0.174 e. The lowest BCUT2D eigenvalue weighted by Gasteiger charge is -2.12. The van der Waals surface area contributed by atoms with E-state index in [0.29, 0.717) is 22.2 Å². The molecule has 0 aliphatic rings. The number of nitrogens with zero attached hydrogens (tertiary/aromatic N) is 4. The molecule has 3 aromatic heterocycles. The Morgan fingerprint density at radius 3 is 2.86 bits per heavy atom. The summed E-state index contributed by atoms with van der Waals surface area (Å²) in [7, 11) is 0. The lowest BCUT2D eigenvalue weighted by molar-refractivity contribution is 0.122. The van der Waals surface area contributed by atoms with Crippen LogP contribution in [0.5, 0.6) is 0 Å². The second-order valence-corrected chi connectivity index (χ2v) is 7.42. The highest BCUT2D eigenvalue weighted by atomic mass is 32.1. The molecule has 4 aromatic rings. The minimum atomic E-state index is -1.31. The van der Waals surface area contributed by atoms with Gasteiger partial charge in [-0.1, -0.05) is 24.0 Å². The number of aromatic nitrogens is 4. The van der Waals surface area contributed by atoms with E-state index >= 15 is 0 Å². The van der Waals surface area contributed by atoms with E-state index in [1.807, 2.05) is 36.6 Å². The maximum atomic E-state index is 10.5. The Balaban J connectivity index is 1.73. The van der Waals surface area contributed by atoms with Gasteiger partial charge >= 0.3 is 0 Å². The zero-order chi connectivity index (χ0) is 19.7. The molecule has 1 atom stereocenters. The Labute approximate surface area is 166 Å². The minimum Gasteiger partial charge on any atom is -0.383 e. The van der Waals surface area contributed by atoms with Gasteiger partial charge in [0.05, 0.1) is 11.7 Å². The number of rotatable bonds is 2. The van der Waals surface area contributed by atoms with Crippen LogP contribution in [0.3, 0.4) is 0 Å². The van der Waals surface area contributed by atoms with Gasteiger partial charge in [0.1, 0.15) is 10.8 Å². The molecular weight excluding hydrogens is 370 g/mol. The first-order valence-corrected chi connectivity index (χ1v) is 9.46. The van der Waals surface area contributed by atoms with Crippen LogP contribution in [0.25, 0.3) is 22.3 Å².